The standard InChI is InChI=1S/C18H18N2O2/c1-3-15(21)11-13-7-9-14(10-8-13)19-18-20-17-12(2)5-4-6-16(17)22-18/h4-10H,3,11H2,1-2H3,(H,19,20). The molecule has 112 valence electrons. The molecule has 0 fully saturated rings. The summed E-state index contributed by atoms with van der Waals surface area (Å²) in [6.07, 6.45) is 1.06. The third-order valence-electron chi connectivity index (χ3n) is 3.62. The number of aromatic nitrogens is 1. The average Bonchev–Trinajstić information content (AvgIpc) is 2.93. The number of anilines is 2. The van der Waals surface area contributed by atoms with Crippen molar-refractivity contribution in [1.29, 1.82) is 0 Å². The van der Waals surface area contributed by atoms with E-state index in [0.717, 1.165) is 27.9 Å². The predicted molar refractivity (Wildman–Crippen MR) is 87.5 cm³/mol. The summed E-state index contributed by atoms with van der Waals surface area (Å²) in [5.74, 6) is 0.245. The van der Waals surface area contributed by atoms with Gasteiger partial charge in [0.1, 0.15) is 11.3 Å². The van der Waals surface area contributed by atoms with Gasteiger partial charge in [-0.15, -0.1) is 0 Å². The second-order valence-electron chi connectivity index (χ2n) is 5.33. The second-order valence-corrected chi connectivity index (χ2v) is 5.33. The predicted octanol–water partition coefficient (Wildman–Crippen LogP) is 4.40. The van der Waals surface area contributed by atoms with Crippen molar-refractivity contribution in [2.24, 2.45) is 0 Å². The maximum absolute atomic E-state index is 11.4. The van der Waals surface area contributed by atoms with Gasteiger partial charge in [0.05, 0.1) is 0 Å². The smallest absolute Gasteiger partial charge is 0.300 e. The van der Waals surface area contributed by atoms with Crippen LogP contribution in [0, 0.1) is 6.92 Å². The monoisotopic (exact) mass is 294 g/mol. The fourth-order valence-electron chi connectivity index (χ4n) is 2.32. The molecule has 0 saturated carbocycles. The van der Waals surface area contributed by atoms with Crippen LogP contribution in [-0.2, 0) is 11.2 Å². The molecule has 1 N–H and O–H groups in total. The molecule has 0 aliphatic heterocycles. The molecule has 0 radical (unpaired) electrons. The number of hydrogen-bond donors (Lipinski definition) is 1. The molecule has 0 saturated heterocycles. The number of ketones is 1. The van der Waals surface area contributed by atoms with E-state index < -0.39 is 0 Å². The highest BCUT2D eigenvalue weighted by molar-refractivity contribution is 5.81. The van der Waals surface area contributed by atoms with E-state index in [0.29, 0.717) is 18.9 Å². The number of fused-ring (bicyclic) bond motifs is 1. The van der Waals surface area contributed by atoms with Crippen LogP contribution in [0.15, 0.2) is 46.9 Å². The number of carbonyl (C=O) groups excluding carboxylic acids is 1. The summed E-state index contributed by atoms with van der Waals surface area (Å²) in [5, 5.41) is 3.15. The van der Waals surface area contributed by atoms with Gasteiger partial charge < -0.3 is 9.73 Å². The lowest BCUT2D eigenvalue weighted by Crippen LogP contribution is -2.00. The van der Waals surface area contributed by atoms with Crippen molar-refractivity contribution >= 4 is 28.6 Å². The Morgan fingerprint density at radius 3 is 2.64 bits per heavy atom. The summed E-state index contributed by atoms with van der Waals surface area (Å²) in [5.41, 5.74) is 4.63. The first kappa shape index (κ1) is 14.3. The lowest BCUT2D eigenvalue weighted by atomic mass is 10.1. The molecule has 4 nitrogen and oxygen atoms in total. The molecule has 0 atom stereocenters. The van der Waals surface area contributed by atoms with E-state index in [1.807, 2.05) is 56.3 Å². The molecule has 22 heavy (non-hydrogen) atoms. The number of aryl methyl sites for hydroxylation is 1. The Hall–Kier alpha value is -2.62. The van der Waals surface area contributed by atoms with Crippen LogP contribution in [0.1, 0.15) is 24.5 Å². The molecule has 1 heterocycles. The number of benzene rings is 2. The topological polar surface area (TPSA) is 55.1 Å². The van der Waals surface area contributed by atoms with Gasteiger partial charge in [0.2, 0.25) is 0 Å². The first-order valence-corrected chi connectivity index (χ1v) is 7.39. The third-order valence-corrected chi connectivity index (χ3v) is 3.62. The van der Waals surface area contributed by atoms with Crippen LogP contribution in [0.4, 0.5) is 11.7 Å². The number of rotatable bonds is 5. The van der Waals surface area contributed by atoms with Crippen LogP contribution in [0.25, 0.3) is 11.1 Å². The molecule has 2 aromatic carbocycles. The molecule has 3 rings (SSSR count). The van der Waals surface area contributed by atoms with E-state index in [9.17, 15) is 4.79 Å². The van der Waals surface area contributed by atoms with E-state index in [-0.39, 0.29) is 5.78 Å². The fraction of sp³-hybridized carbons (Fsp3) is 0.222. The number of Topliss-reactive ketones (excluding diaryl/α,β-unsaturated/α-hetero) is 1. The van der Waals surface area contributed by atoms with Crippen molar-refractivity contribution in [3.05, 3.63) is 53.6 Å². The van der Waals surface area contributed by atoms with Gasteiger partial charge in [-0.2, -0.15) is 4.98 Å². The molecule has 3 aromatic rings. The van der Waals surface area contributed by atoms with Crippen LogP contribution >= 0.6 is 0 Å². The van der Waals surface area contributed by atoms with Gasteiger partial charge in [-0.3, -0.25) is 4.79 Å². The van der Waals surface area contributed by atoms with Gasteiger partial charge in [-0.05, 0) is 36.2 Å². The Bertz CT molecular complexity index is 804. The van der Waals surface area contributed by atoms with Gasteiger partial charge in [0.15, 0.2) is 5.58 Å². The van der Waals surface area contributed by atoms with E-state index in [1.165, 1.54) is 0 Å². The largest absolute Gasteiger partial charge is 0.423 e. The van der Waals surface area contributed by atoms with Crippen LogP contribution in [0.3, 0.4) is 0 Å². The normalized spacial score (nSPS) is 10.8. The maximum atomic E-state index is 11.4. The Morgan fingerprint density at radius 2 is 1.95 bits per heavy atom. The van der Waals surface area contributed by atoms with Crippen LogP contribution in [0.5, 0.6) is 0 Å². The number of para-hydroxylation sites is 1. The quantitative estimate of drug-likeness (QED) is 0.757. The molecule has 0 aliphatic rings. The van der Waals surface area contributed by atoms with Crippen molar-refractivity contribution in [3.8, 4) is 0 Å². The molecule has 0 unspecified atom stereocenters. The molecule has 4 heteroatoms. The average molecular weight is 294 g/mol. The van der Waals surface area contributed by atoms with Gasteiger partial charge in [0, 0.05) is 18.5 Å². The highest BCUT2D eigenvalue weighted by Crippen LogP contribution is 2.24. The number of oxazole rings is 1. The number of nitrogens with zero attached hydrogens (tertiary/aromatic N) is 1. The maximum Gasteiger partial charge on any atom is 0.300 e. The number of carbonyl (C=O) groups is 1. The highest BCUT2D eigenvalue weighted by atomic mass is 16.4. The van der Waals surface area contributed by atoms with E-state index in [4.69, 9.17) is 4.42 Å². The fourth-order valence-corrected chi connectivity index (χ4v) is 2.32. The Balaban J connectivity index is 1.77. The summed E-state index contributed by atoms with van der Waals surface area (Å²) in [6, 6.07) is 14.1. The lowest BCUT2D eigenvalue weighted by molar-refractivity contribution is -0.118. The summed E-state index contributed by atoms with van der Waals surface area (Å²) in [7, 11) is 0. The van der Waals surface area contributed by atoms with Gasteiger partial charge in [-0.1, -0.05) is 31.2 Å². The number of nitrogens with one attached hydrogen (secondary N) is 1. The zero-order valence-electron chi connectivity index (χ0n) is 12.7. The lowest BCUT2D eigenvalue weighted by Gasteiger charge is -2.03. The van der Waals surface area contributed by atoms with Crippen molar-refractivity contribution in [1.82, 2.24) is 4.98 Å². The van der Waals surface area contributed by atoms with Crippen molar-refractivity contribution in [3.63, 3.8) is 0 Å². The summed E-state index contributed by atoms with van der Waals surface area (Å²) < 4.78 is 5.69. The summed E-state index contributed by atoms with van der Waals surface area (Å²) >= 11 is 0. The third kappa shape index (κ3) is 3.01. The van der Waals surface area contributed by atoms with Crippen LogP contribution < -0.4 is 5.32 Å². The minimum Gasteiger partial charge on any atom is -0.423 e. The number of hydrogen-bond acceptors (Lipinski definition) is 4. The molecular weight excluding hydrogens is 276 g/mol. The van der Waals surface area contributed by atoms with Crippen molar-refractivity contribution in [2.75, 3.05) is 5.32 Å². The first-order valence-electron chi connectivity index (χ1n) is 7.39. The van der Waals surface area contributed by atoms with Gasteiger partial charge in [0.25, 0.3) is 6.01 Å². The van der Waals surface area contributed by atoms with Crippen LogP contribution in [-0.4, -0.2) is 10.8 Å². The van der Waals surface area contributed by atoms with Crippen molar-refractivity contribution < 1.29 is 9.21 Å². The first-order chi connectivity index (χ1) is 10.7. The van der Waals surface area contributed by atoms with E-state index in [2.05, 4.69) is 10.3 Å². The van der Waals surface area contributed by atoms with Crippen LogP contribution in [0.2, 0.25) is 0 Å². The highest BCUT2D eigenvalue weighted by Gasteiger charge is 2.08. The Morgan fingerprint density at radius 1 is 1.18 bits per heavy atom. The zero-order valence-corrected chi connectivity index (χ0v) is 12.7. The van der Waals surface area contributed by atoms with Crippen molar-refractivity contribution in [2.45, 2.75) is 26.7 Å². The molecular formula is C18H18N2O2. The zero-order chi connectivity index (χ0) is 15.5. The Kier molecular flexibility index (Phi) is 3.92. The summed E-state index contributed by atoms with van der Waals surface area (Å²) in [6.45, 7) is 3.89. The molecule has 0 amide bonds. The minimum atomic E-state index is 0.245. The van der Waals surface area contributed by atoms with E-state index >= 15 is 0 Å². The molecule has 1 aromatic heterocycles. The van der Waals surface area contributed by atoms with Gasteiger partial charge in [-0.25, -0.2) is 0 Å². The van der Waals surface area contributed by atoms with Gasteiger partial charge >= 0.3 is 0 Å². The SMILES string of the molecule is CCC(=O)Cc1ccc(Nc2nc3c(C)cccc3o2)cc1. The summed E-state index contributed by atoms with van der Waals surface area (Å²) in [4.78, 5) is 15.9. The molecule has 0 spiro atoms. The Labute approximate surface area is 129 Å². The van der Waals surface area contributed by atoms with E-state index in [1.54, 1.807) is 0 Å². The minimum absolute atomic E-state index is 0.245. The molecule has 0 aliphatic carbocycles. The second kappa shape index (κ2) is 6.02. The molecule has 0 bridgehead atoms.